The number of nitrogens with one attached hydrogen (secondary N) is 2. The highest BCUT2D eigenvalue weighted by atomic mass is 35.5. The van der Waals surface area contributed by atoms with Gasteiger partial charge in [-0.3, -0.25) is 14.1 Å². The lowest BCUT2D eigenvalue weighted by atomic mass is 9.89. The molecule has 0 saturated heterocycles. The molecule has 8 nitrogen and oxygen atoms in total. The molecule has 51 heavy (non-hydrogen) atoms. The van der Waals surface area contributed by atoms with Crippen molar-refractivity contribution in [2.75, 3.05) is 24.7 Å². The number of hydrogen-bond acceptors (Lipinski definition) is 5. The molecule has 10 heteroatoms. The quantitative estimate of drug-likeness (QED) is 0.111. The van der Waals surface area contributed by atoms with Crippen molar-refractivity contribution in [3.63, 3.8) is 0 Å². The van der Waals surface area contributed by atoms with Crippen LogP contribution in [0.15, 0.2) is 109 Å². The smallest absolute Gasteiger partial charge is 0.266 e. The summed E-state index contributed by atoms with van der Waals surface area (Å²) in [6, 6.07) is 32.2. The van der Waals surface area contributed by atoms with Crippen LogP contribution in [-0.2, 0) is 21.3 Å². The minimum atomic E-state index is -4.19. The molecule has 5 aromatic rings. The number of methoxy groups -OCH3 is 1. The molecule has 0 radical (unpaired) electrons. The Labute approximate surface area is 304 Å². The van der Waals surface area contributed by atoms with E-state index >= 15 is 0 Å². The topological polar surface area (TPSA) is 122 Å². The number of anilines is 1. The van der Waals surface area contributed by atoms with Crippen LogP contribution < -0.4 is 15.4 Å². The Morgan fingerprint density at radius 3 is 2.22 bits per heavy atom. The largest absolute Gasteiger partial charge is 0.497 e. The fourth-order valence-electron chi connectivity index (χ4n) is 5.56. The lowest BCUT2D eigenvalue weighted by Gasteiger charge is -2.19. The lowest BCUT2D eigenvalue weighted by molar-refractivity contribution is -0.117. The standard InChI is InChI=1S/C41H41ClN2O6S/c1-41(2,3)18-17-27-5-9-29(10-6-27)38(21-28-7-11-30(12-8-28)39(45)43-19-20-51(47,48)49)40(46)44-36-24-34(23-35(42)26-36)32-13-14-33-25-37(50-4)16-15-31(33)22-32/h5-18,22-26,38H,19-21H2,1-4H3,(H,43,45)(H,44,46)(H,47,48,49). The average molecular weight is 725 g/mol. The molecule has 0 aliphatic carbocycles. The molecule has 0 aliphatic rings. The minimum absolute atomic E-state index is 0.0247. The summed E-state index contributed by atoms with van der Waals surface area (Å²) in [5, 5.41) is 8.15. The van der Waals surface area contributed by atoms with Gasteiger partial charge in [0.05, 0.1) is 18.8 Å². The SMILES string of the molecule is COc1ccc2cc(-c3cc(Cl)cc(NC(=O)C(Cc4ccc(C(=O)NCCS(=O)(=O)O)cc4)c4ccc(C=CC(C)(C)C)cc4)c3)ccc2c1. The van der Waals surface area contributed by atoms with Crippen molar-refractivity contribution < 1.29 is 27.3 Å². The van der Waals surface area contributed by atoms with Gasteiger partial charge in [-0.05, 0) is 99.0 Å². The second kappa shape index (κ2) is 15.9. The van der Waals surface area contributed by atoms with E-state index in [4.69, 9.17) is 20.9 Å². The van der Waals surface area contributed by atoms with E-state index in [9.17, 15) is 18.0 Å². The number of amides is 2. The Morgan fingerprint density at radius 1 is 0.863 bits per heavy atom. The molecule has 5 aromatic carbocycles. The number of hydrogen-bond donors (Lipinski definition) is 3. The molecule has 0 aliphatic heterocycles. The molecule has 3 N–H and O–H groups in total. The summed E-state index contributed by atoms with van der Waals surface area (Å²) in [5.74, 6) is -1.08. The summed E-state index contributed by atoms with van der Waals surface area (Å²) in [7, 11) is -2.55. The Hall–Kier alpha value is -4.96. The first-order valence-electron chi connectivity index (χ1n) is 16.5. The summed E-state index contributed by atoms with van der Waals surface area (Å²) in [5.41, 5.74) is 5.37. The fraction of sp³-hybridized carbons (Fsp3) is 0.220. The van der Waals surface area contributed by atoms with Crippen LogP contribution in [0.5, 0.6) is 5.75 Å². The Bertz CT molecular complexity index is 2170. The van der Waals surface area contributed by atoms with Gasteiger partial charge in [-0.25, -0.2) is 0 Å². The maximum absolute atomic E-state index is 14.1. The molecule has 0 fully saturated rings. The van der Waals surface area contributed by atoms with Gasteiger partial charge >= 0.3 is 0 Å². The van der Waals surface area contributed by atoms with Gasteiger partial charge in [-0.15, -0.1) is 0 Å². The van der Waals surface area contributed by atoms with E-state index in [0.717, 1.165) is 44.3 Å². The van der Waals surface area contributed by atoms with E-state index in [1.807, 2.05) is 66.7 Å². The number of fused-ring (bicyclic) bond motifs is 1. The van der Waals surface area contributed by atoms with Crippen LogP contribution in [0.1, 0.15) is 53.7 Å². The maximum Gasteiger partial charge on any atom is 0.266 e. The van der Waals surface area contributed by atoms with E-state index in [1.165, 1.54) is 0 Å². The molecule has 5 rings (SSSR count). The summed E-state index contributed by atoms with van der Waals surface area (Å²) >= 11 is 6.59. The number of carbonyl (C=O) groups excluding carboxylic acids is 2. The highest BCUT2D eigenvalue weighted by molar-refractivity contribution is 7.85. The molecular formula is C41H41ClN2O6S. The molecular weight excluding hydrogens is 684 g/mol. The third-order valence-corrected chi connectivity index (χ3v) is 9.22. The van der Waals surface area contributed by atoms with E-state index in [0.29, 0.717) is 22.7 Å². The van der Waals surface area contributed by atoms with Crippen molar-refractivity contribution in [2.24, 2.45) is 5.41 Å². The van der Waals surface area contributed by atoms with Crippen LogP contribution in [0.4, 0.5) is 5.69 Å². The summed E-state index contributed by atoms with van der Waals surface area (Å²) in [6.07, 6.45) is 4.54. The first-order chi connectivity index (χ1) is 24.2. The first kappa shape index (κ1) is 37.3. The van der Waals surface area contributed by atoms with Gasteiger partial charge in [-0.1, -0.05) is 99.1 Å². The normalized spacial score (nSPS) is 12.5. The van der Waals surface area contributed by atoms with Crippen molar-refractivity contribution in [1.82, 2.24) is 5.32 Å². The van der Waals surface area contributed by atoms with Gasteiger partial charge in [0.2, 0.25) is 5.91 Å². The predicted octanol–water partition coefficient (Wildman–Crippen LogP) is 8.81. The van der Waals surface area contributed by atoms with Crippen LogP contribution >= 0.6 is 11.6 Å². The van der Waals surface area contributed by atoms with Crippen molar-refractivity contribution in [2.45, 2.75) is 33.1 Å². The third kappa shape index (κ3) is 10.8. The van der Waals surface area contributed by atoms with Crippen molar-refractivity contribution in [3.05, 3.63) is 136 Å². The van der Waals surface area contributed by atoms with Crippen molar-refractivity contribution >= 4 is 56.1 Å². The molecule has 0 heterocycles. The molecule has 1 unspecified atom stereocenters. The third-order valence-electron chi connectivity index (χ3n) is 8.28. The second-order valence-electron chi connectivity index (χ2n) is 13.5. The second-order valence-corrected chi connectivity index (χ2v) is 15.5. The maximum atomic E-state index is 14.1. The number of benzene rings is 5. The molecule has 1 atom stereocenters. The summed E-state index contributed by atoms with van der Waals surface area (Å²) < 4.78 is 36.3. The first-order valence-corrected chi connectivity index (χ1v) is 18.5. The van der Waals surface area contributed by atoms with E-state index in [2.05, 4.69) is 49.6 Å². The lowest BCUT2D eigenvalue weighted by Crippen LogP contribution is -2.28. The highest BCUT2D eigenvalue weighted by Crippen LogP contribution is 2.32. The van der Waals surface area contributed by atoms with Crippen LogP contribution in [-0.4, -0.2) is 44.2 Å². The zero-order valence-electron chi connectivity index (χ0n) is 28.9. The van der Waals surface area contributed by atoms with Crippen molar-refractivity contribution in [1.29, 1.82) is 0 Å². The van der Waals surface area contributed by atoms with E-state index < -0.39 is 27.7 Å². The Balaban J connectivity index is 1.40. The van der Waals surface area contributed by atoms with Crippen LogP contribution in [0, 0.1) is 5.41 Å². The van der Waals surface area contributed by atoms with Crippen LogP contribution in [0.2, 0.25) is 5.02 Å². The molecule has 264 valence electrons. The van der Waals surface area contributed by atoms with Gasteiger partial charge in [-0.2, -0.15) is 8.42 Å². The number of allylic oxidation sites excluding steroid dienone is 1. The number of halogens is 1. The number of carbonyl (C=O) groups is 2. The molecule has 2 amide bonds. The predicted molar refractivity (Wildman–Crippen MR) is 206 cm³/mol. The van der Waals surface area contributed by atoms with Gasteiger partial charge in [0, 0.05) is 22.8 Å². The molecule has 0 saturated carbocycles. The Kier molecular flexibility index (Phi) is 11.7. The zero-order valence-corrected chi connectivity index (χ0v) is 30.5. The van der Waals surface area contributed by atoms with E-state index in [1.54, 1.807) is 37.4 Å². The van der Waals surface area contributed by atoms with Gasteiger partial charge in [0.25, 0.3) is 16.0 Å². The minimum Gasteiger partial charge on any atom is -0.497 e. The monoisotopic (exact) mass is 724 g/mol. The summed E-state index contributed by atoms with van der Waals surface area (Å²) in [6.45, 7) is 6.17. The van der Waals surface area contributed by atoms with Gasteiger partial charge in [0.1, 0.15) is 5.75 Å². The van der Waals surface area contributed by atoms with Crippen molar-refractivity contribution in [3.8, 4) is 16.9 Å². The zero-order chi connectivity index (χ0) is 36.8. The van der Waals surface area contributed by atoms with Crippen LogP contribution in [0.3, 0.4) is 0 Å². The molecule has 0 spiro atoms. The Morgan fingerprint density at radius 2 is 1.55 bits per heavy atom. The number of ether oxygens (including phenoxy) is 1. The fourth-order valence-corrected chi connectivity index (χ4v) is 6.15. The van der Waals surface area contributed by atoms with E-state index in [-0.39, 0.29) is 17.9 Å². The van der Waals surface area contributed by atoms with Gasteiger partial charge < -0.3 is 15.4 Å². The summed E-state index contributed by atoms with van der Waals surface area (Å²) in [4.78, 5) is 26.6. The van der Waals surface area contributed by atoms with Crippen LogP contribution in [0.25, 0.3) is 28.0 Å². The average Bonchev–Trinajstić information content (AvgIpc) is 3.08. The number of rotatable bonds is 12. The van der Waals surface area contributed by atoms with Gasteiger partial charge in [0.15, 0.2) is 0 Å². The molecule has 0 bridgehead atoms. The highest BCUT2D eigenvalue weighted by Gasteiger charge is 2.22. The molecule has 0 aromatic heterocycles.